The van der Waals surface area contributed by atoms with Crippen molar-refractivity contribution in [3.8, 4) is 5.75 Å². The van der Waals surface area contributed by atoms with Crippen molar-refractivity contribution in [2.45, 2.75) is 31.5 Å². The van der Waals surface area contributed by atoms with Crippen molar-refractivity contribution in [3.05, 3.63) is 94.0 Å². The molecule has 2 saturated heterocycles. The van der Waals surface area contributed by atoms with Crippen LogP contribution in [0.15, 0.2) is 66.7 Å². The molecule has 0 atom stereocenters. The van der Waals surface area contributed by atoms with Crippen LogP contribution in [0.5, 0.6) is 5.75 Å². The molecule has 3 aromatic rings. The highest BCUT2D eigenvalue weighted by atomic mass is 35.5. The Morgan fingerprint density at radius 1 is 1.05 bits per heavy atom. The number of hydrogen-bond donors (Lipinski definition) is 3. The molecule has 2 aliphatic heterocycles. The monoisotopic (exact) mass is 518 g/mol. The van der Waals surface area contributed by atoms with E-state index in [1.54, 1.807) is 24.3 Å². The van der Waals surface area contributed by atoms with Crippen LogP contribution in [-0.2, 0) is 11.3 Å². The highest BCUT2D eigenvalue weighted by Crippen LogP contribution is 2.24. The molecule has 0 radical (unpaired) electrons. The fraction of sp³-hybridized carbons (Fsp3) is 0.310. The van der Waals surface area contributed by atoms with E-state index in [9.17, 15) is 4.79 Å². The van der Waals surface area contributed by atoms with E-state index in [-0.39, 0.29) is 17.7 Å². The van der Waals surface area contributed by atoms with E-state index in [1.807, 2.05) is 42.5 Å². The van der Waals surface area contributed by atoms with Gasteiger partial charge in [0, 0.05) is 47.0 Å². The predicted octanol–water partition coefficient (Wildman–Crippen LogP) is 4.51. The summed E-state index contributed by atoms with van der Waals surface area (Å²) in [7, 11) is 0. The summed E-state index contributed by atoms with van der Waals surface area (Å²) in [6, 6.07) is 20.5. The highest BCUT2D eigenvalue weighted by molar-refractivity contribution is 6.31. The number of anilines is 1. The lowest BCUT2D eigenvalue weighted by atomic mass is 9.98. The molecular formula is C29H31ClN4O3. The van der Waals surface area contributed by atoms with E-state index in [0.717, 1.165) is 50.5 Å². The number of carbonyl (C=O) groups is 1. The standard InChI is InChI=1S/C29H31ClN4O3/c30-26-4-2-1-3-21(26)16-33-29(35)20-7-10-27(31)25(15-20)28(32)19-5-8-23(9-6-19)37-24-11-13-34(14-12-24)22-17-36-18-22/h1-10,15,22,24,32H,11-14,16-18,31H2,(H,33,35). The lowest BCUT2D eigenvalue weighted by Gasteiger charge is -2.41. The lowest BCUT2D eigenvalue weighted by molar-refractivity contribution is -0.0778. The number of carbonyl (C=O) groups excluding carboxylic acids is 1. The summed E-state index contributed by atoms with van der Waals surface area (Å²) >= 11 is 6.19. The number of nitrogens with one attached hydrogen (secondary N) is 2. The fourth-order valence-corrected chi connectivity index (χ4v) is 4.88. The molecule has 192 valence electrons. The van der Waals surface area contributed by atoms with Crippen molar-refractivity contribution in [1.82, 2.24) is 10.2 Å². The maximum atomic E-state index is 12.8. The molecule has 7 nitrogen and oxygen atoms in total. The Balaban J connectivity index is 1.20. The minimum absolute atomic E-state index is 0.194. The third-order valence-corrected chi connectivity index (χ3v) is 7.41. The van der Waals surface area contributed by atoms with Gasteiger partial charge in [0.15, 0.2) is 0 Å². The molecule has 0 saturated carbocycles. The molecule has 3 aromatic carbocycles. The Morgan fingerprint density at radius 2 is 1.76 bits per heavy atom. The minimum Gasteiger partial charge on any atom is -0.490 e. The molecule has 0 bridgehead atoms. The average molecular weight is 519 g/mol. The number of likely N-dealkylation sites (tertiary alicyclic amines) is 1. The molecule has 1 amide bonds. The van der Waals surface area contributed by atoms with Crippen molar-refractivity contribution < 1.29 is 14.3 Å². The Kier molecular flexibility index (Phi) is 7.74. The summed E-state index contributed by atoms with van der Waals surface area (Å²) in [5.41, 5.74) is 9.35. The molecule has 37 heavy (non-hydrogen) atoms. The maximum Gasteiger partial charge on any atom is 0.251 e. The van der Waals surface area contributed by atoms with Crippen LogP contribution in [-0.4, -0.2) is 55.0 Å². The van der Waals surface area contributed by atoms with Gasteiger partial charge in [0.2, 0.25) is 0 Å². The van der Waals surface area contributed by atoms with Crippen molar-refractivity contribution in [1.29, 1.82) is 5.41 Å². The molecule has 2 aliphatic rings. The van der Waals surface area contributed by atoms with Crippen LogP contribution < -0.4 is 15.8 Å². The molecule has 8 heteroatoms. The second-order valence-corrected chi connectivity index (χ2v) is 9.93. The third-order valence-electron chi connectivity index (χ3n) is 7.04. The van der Waals surface area contributed by atoms with E-state index < -0.39 is 0 Å². The molecule has 0 spiro atoms. The molecule has 5 rings (SSSR count). The summed E-state index contributed by atoms with van der Waals surface area (Å²) < 4.78 is 11.5. The number of benzene rings is 3. The Bertz CT molecular complexity index is 1270. The molecule has 2 heterocycles. The number of nitrogens with two attached hydrogens (primary N) is 1. The fourth-order valence-electron chi connectivity index (χ4n) is 4.67. The van der Waals surface area contributed by atoms with Gasteiger partial charge in [-0.2, -0.15) is 0 Å². The molecule has 0 aromatic heterocycles. The summed E-state index contributed by atoms with van der Waals surface area (Å²) in [5, 5.41) is 12.2. The normalized spacial score (nSPS) is 16.7. The second-order valence-electron chi connectivity index (χ2n) is 9.52. The van der Waals surface area contributed by atoms with Gasteiger partial charge < -0.3 is 20.5 Å². The predicted molar refractivity (Wildman–Crippen MR) is 146 cm³/mol. The van der Waals surface area contributed by atoms with Crippen LogP contribution in [0, 0.1) is 5.41 Å². The van der Waals surface area contributed by atoms with Gasteiger partial charge in [-0.1, -0.05) is 29.8 Å². The Hall–Kier alpha value is -3.39. The number of nitrogen functional groups attached to an aromatic ring is 1. The van der Waals surface area contributed by atoms with Crippen molar-refractivity contribution in [2.75, 3.05) is 32.0 Å². The lowest BCUT2D eigenvalue weighted by Crippen LogP contribution is -2.52. The molecule has 0 unspecified atom stereocenters. The van der Waals surface area contributed by atoms with E-state index in [1.165, 1.54) is 0 Å². The molecule has 0 aliphatic carbocycles. The average Bonchev–Trinajstić information content (AvgIpc) is 2.88. The van der Waals surface area contributed by atoms with Crippen LogP contribution in [0.1, 0.15) is 39.9 Å². The number of nitrogens with zero attached hydrogens (tertiary/aromatic N) is 1. The van der Waals surface area contributed by atoms with Gasteiger partial charge in [-0.25, -0.2) is 0 Å². The first kappa shape index (κ1) is 25.3. The van der Waals surface area contributed by atoms with Crippen LogP contribution >= 0.6 is 11.6 Å². The first-order valence-electron chi connectivity index (χ1n) is 12.6. The van der Waals surface area contributed by atoms with Gasteiger partial charge >= 0.3 is 0 Å². The van der Waals surface area contributed by atoms with Crippen LogP contribution in [0.3, 0.4) is 0 Å². The van der Waals surface area contributed by atoms with E-state index in [0.29, 0.717) is 40.0 Å². The van der Waals surface area contributed by atoms with Crippen molar-refractivity contribution in [2.24, 2.45) is 0 Å². The number of ether oxygens (including phenoxy) is 2. The van der Waals surface area contributed by atoms with Crippen LogP contribution in [0.2, 0.25) is 5.02 Å². The molecular weight excluding hydrogens is 488 g/mol. The summed E-state index contributed by atoms with van der Waals surface area (Å²) in [5.74, 6) is 0.538. The van der Waals surface area contributed by atoms with Gasteiger partial charge in [-0.15, -0.1) is 0 Å². The zero-order valence-corrected chi connectivity index (χ0v) is 21.3. The topological polar surface area (TPSA) is 101 Å². The first-order valence-corrected chi connectivity index (χ1v) is 12.9. The number of piperidine rings is 1. The van der Waals surface area contributed by atoms with Crippen LogP contribution in [0.25, 0.3) is 0 Å². The van der Waals surface area contributed by atoms with Gasteiger partial charge in [0.25, 0.3) is 5.91 Å². The smallest absolute Gasteiger partial charge is 0.251 e. The van der Waals surface area contributed by atoms with Gasteiger partial charge in [0.05, 0.1) is 25.0 Å². The maximum absolute atomic E-state index is 12.8. The summed E-state index contributed by atoms with van der Waals surface area (Å²) in [6.45, 7) is 4.07. The summed E-state index contributed by atoms with van der Waals surface area (Å²) in [4.78, 5) is 15.3. The number of halogens is 1. The quantitative estimate of drug-likeness (QED) is 0.301. The van der Waals surface area contributed by atoms with Crippen molar-refractivity contribution >= 4 is 28.9 Å². The van der Waals surface area contributed by atoms with Gasteiger partial charge in [-0.05, 0) is 66.9 Å². The van der Waals surface area contributed by atoms with Gasteiger partial charge in [-0.3, -0.25) is 15.1 Å². The third kappa shape index (κ3) is 5.96. The minimum atomic E-state index is -0.256. The zero-order chi connectivity index (χ0) is 25.8. The molecule has 2 fully saturated rings. The number of rotatable bonds is 8. The zero-order valence-electron chi connectivity index (χ0n) is 20.6. The van der Waals surface area contributed by atoms with Crippen LogP contribution in [0.4, 0.5) is 5.69 Å². The highest BCUT2D eigenvalue weighted by Gasteiger charge is 2.30. The van der Waals surface area contributed by atoms with Gasteiger partial charge in [0.1, 0.15) is 11.9 Å². The van der Waals surface area contributed by atoms with E-state index in [2.05, 4.69) is 10.2 Å². The SMILES string of the molecule is N=C(c1ccc(OC2CCN(C3COC3)CC2)cc1)c1cc(C(=O)NCc2ccccc2Cl)ccc1N. The van der Waals surface area contributed by atoms with E-state index >= 15 is 0 Å². The van der Waals surface area contributed by atoms with Crippen molar-refractivity contribution in [3.63, 3.8) is 0 Å². The second kappa shape index (κ2) is 11.3. The first-order chi connectivity index (χ1) is 18.0. The summed E-state index contributed by atoms with van der Waals surface area (Å²) in [6.07, 6.45) is 2.19. The Morgan fingerprint density at radius 3 is 2.43 bits per heavy atom. The number of hydrogen-bond acceptors (Lipinski definition) is 6. The van der Waals surface area contributed by atoms with E-state index in [4.69, 9.17) is 32.2 Å². The number of amides is 1. The Labute approximate surface area is 222 Å². The molecule has 4 N–H and O–H groups in total. The largest absolute Gasteiger partial charge is 0.490 e.